The van der Waals surface area contributed by atoms with Gasteiger partial charge in [-0.05, 0) is 18.9 Å². The molecule has 2 atom stereocenters. The van der Waals surface area contributed by atoms with Crippen LogP contribution in [0.4, 0.5) is 0 Å². The molecule has 1 heterocycles. The van der Waals surface area contributed by atoms with Crippen LogP contribution in [0.2, 0.25) is 0 Å². The van der Waals surface area contributed by atoms with Gasteiger partial charge in [0.25, 0.3) is 0 Å². The van der Waals surface area contributed by atoms with Crippen LogP contribution in [0, 0.1) is 0 Å². The predicted octanol–water partition coefficient (Wildman–Crippen LogP) is 0.856. The third-order valence-electron chi connectivity index (χ3n) is 3.29. The Labute approximate surface area is 96.7 Å². The van der Waals surface area contributed by atoms with Crippen molar-refractivity contribution in [1.82, 2.24) is 15.1 Å². The molecule has 0 aliphatic heterocycles. The van der Waals surface area contributed by atoms with E-state index in [0.717, 1.165) is 31.5 Å². The summed E-state index contributed by atoms with van der Waals surface area (Å²) < 4.78 is 1.82. The van der Waals surface area contributed by atoms with E-state index < -0.39 is 0 Å². The number of aliphatic hydroxyl groups excluding tert-OH is 1. The van der Waals surface area contributed by atoms with Crippen LogP contribution < -0.4 is 5.32 Å². The Balaban J connectivity index is 1.71. The minimum absolute atomic E-state index is 0.155. The van der Waals surface area contributed by atoms with Crippen LogP contribution in [-0.4, -0.2) is 33.6 Å². The molecule has 4 nitrogen and oxygen atoms in total. The van der Waals surface area contributed by atoms with Crippen LogP contribution in [0.25, 0.3) is 0 Å². The molecule has 0 saturated heterocycles. The molecule has 1 aliphatic carbocycles. The molecule has 90 valence electrons. The van der Waals surface area contributed by atoms with E-state index in [2.05, 4.69) is 10.4 Å². The summed E-state index contributed by atoms with van der Waals surface area (Å²) in [4.78, 5) is 0. The van der Waals surface area contributed by atoms with Crippen LogP contribution in [-0.2, 0) is 13.5 Å². The molecular formula is C12H21N3O. The van der Waals surface area contributed by atoms with Gasteiger partial charge in [-0.3, -0.25) is 4.68 Å². The molecule has 0 unspecified atom stereocenters. The molecule has 1 fully saturated rings. The van der Waals surface area contributed by atoms with Gasteiger partial charge < -0.3 is 10.4 Å². The predicted molar refractivity (Wildman–Crippen MR) is 63.2 cm³/mol. The van der Waals surface area contributed by atoms with E-state index in [4.69, 9.17) is 0 Å². The largest absolute Gasteiger partial charge is 0.392 e. The fourth-order valence-corrected chi connectivity index (χ4v) is 2.33. The Bertz CT molecular complexity index is 324. The highest BCUT2D eigenvalue weighted by atomic mass is 16.3. The number of rotatable bonds is 4. The molecule has 1 aromatic heterocycles. The minimum atomic E-state index is -0.155. The minimum Gasteiger partial charge on any atom is -0.392 e. The Morgan fingerprint density at radius 1 is 1.50 bits per heavy atom. The van der Waals surface area contributed by atoms with E-state index >= 15 is 0 Å². The Hall–Kier alpha value is -0.870. The number of nitrogens with one attached hydrogen (secondary N) is 1. The van der Waals surface area contributed by atoms with Crippen molar-refractivity contribution in [2.75, 3.05) is 6.54 Å². The fourth-order valence-electron chi connectivity index (χ4n) is 2.33. The summed E-state index contributed by atoms with van der Waals surface area (Å²) in [6, 6.07) is 2.33. The second-order valence-corrected chi connectivity index (χ2v) is 4.64. The van der Waals surface area contributed by atoms with Gasteiger partial charge in [-0.15, -0.1) is 0 Å². The maximum atomic E-state index is 9.79. The van der Waals surface area contributed by atoms with E-state index in [-0.39, 0.29) is 12.1 Å². The first kappa shape index (κ1) is 11.6. The topological polar surface area (TPSA) is 50.1 Å². The van der Waals surface area contributed by atoms with Gasteiger partial charge >= 0.3 is 0 Å². The third kappa shape index (κ3) is 3.06. The first-order valence-electron chi connectivity index (χ1n) is 6.15. The summed E-state index contributed by atoms with van der Waals surface area (Å²) in [6.45, 7) is 0.902. The molecule has 1 aromatic rings. The number of hydrogen-bond donors (Lipinski definition) is 2. The third-order valence-corrected chi connectivity index (χ3v) is 3.29. The zero-order chi connectivity index (χ0) is 11.4. The highest BCUT2D eigenvalue weighted by Crippen LogP contribution is 2.18. The smallest absolute Gasteiger partial charge is 0.0693 e. The van der Waals surface area contributed by atoms with E-state index in [1.54, 1.807) is 0 Å². The lowest BCUT2D eigenvalue weighted by Gasteiger charge is -2.28. The van der Waals surface area contributed by atoms with Gasteiger partial charge in [0.1, 0.15) is 0 Å². The summed E-state index contributed by atoms with van der Waals surface area (Å²) >= 11 is 0. The summed E-state index contributed by atoms with van der Waals surface area (Å²) in [6.07, 6.45) is 7.19. The van der Waals surface area contributed by atoms with E-state index in [1.165, 1.54) is 12.8 Å². The standard InChI is InChI=1S/C12H21N3O/c1-15-9-7-10(14-15)6-8-13-11-4-2-3-5-12(11)16/h7,9,11-13,16H,2-6,8H2,1H3/t11-,12-/m1/s1. The highest BCUT2D eigenvalue weighted by molar-refractivity contribution is 4.99. The first-order valence-corrected chi connectivity index (χ1v) is 6.15. The van der Waals surface area contributed by atoms with Crippen molar-refractivity contribution >= 4 is 0 Å². The number of aliphatic hydroxyl groups is 1. The van der Waals surface area contributed by atoms with Gasteiger partial charge in [0.15, 0.2) is 0 Å². The molecule has 1 aliphatic rings. The fraction of sp³-hybridized carbons (Fsp3) is 0.750. The zero-order valence-corrected chi connectivity index (χ0v) is 9.89. The van der Waals surface area contributed by atoms with E-state index in [1.807, 2.05) is 24.0 Å². The van der Waals surface area contributed by atoms with Gasteiger partial charge in [-0.1, -0.05) is 12.8 Å². The van der Waals surface area contributed by atoms with Gasteiger partial charge in [0.05, 0.1) is 11.8 Å². The van der Waals surface area contributed by atoms with Crippen molar-refractivity contribution in [3.8, 4) is 0 Å². The monoisotopic (exact) mass is 223 g/mol. The van der Waals surface area contributed by atoms with Crippen molar-refractivity contribution in [2.24, 2.45) is 7.05 Å². The van der Waals surface area contributed by atoms with Crippen molar-refractivity contribution < 1.29 is 5.11 Å². The maximum Gasteiger partial charge on any atom is 0.0693 e. The molecule has 2 rings (SSSR count). The molecule has 16 heavy (non-hydrogen) atoms. The van der Waals surface area contributed by atoms with Crippen molar-refractivity contribution in [1.29, 1.82) is 0 Å². The van der Waals surface area contributed by atoms with Crippen molar-refractivity contribution in [3.63, 3.8) is 0 Å². The molecule has 0 bridgehead atoms. The zero-order valence-electron chi connectivity index (χ0n) is 9.89. The Morgan fingerprint density at radius 2 is 2.31 bits per heavy atom. The lowest BCUT2D eigenvalue weighted by atomic mass is 9.92. The van der Waals surface area contributed by atoms with Crippen LogP contribution >= 0.6 is 0 Å². The average Bonchev–Trinajstić information content (AvgIpc) is 2.67. The van der Waals surface area contributed by atoms with Gasteiger partial charge in [0.2, 0.25) is 0 Å². The molecule has 0 radical (unpaired) electrons. The number of aromatic nitrogens is 2. The van der Waals surface area contributed by atoms with Crippen molar-refractivity contribution in [2.45, 2.75) is 44.2 Å². The number of hydrogen-bond acceptors (Lipinski definition) is 3. The Morgan fingerprint density at radius 3 is 3.00 bits per heavy atom. The van der Waals surface area contributed by atoms with Crippen LogP contribution in [0.5, 0.6) is 0 Å². The van der Waals surface area contributed by atoms with Crippen LogP contribution in [0.1, 0.15) is 31.4 Å². The second-order valence-electron chi connectivity index (χ2n) is 4.64. The molecule has 1 saturated carbocycles. The summed E-state index contributed by atoms with van der Waals surface area (Å²) in [7, 11) is 1.93. The SMILES string of the molecule is Cn1ccc(CCN[C@@H]2CCCC[C@H]2O)n1. The molecule has 0 spiro atoms. The lowest BCUT2D eigenvalue weighted by molar-refractivity contribution is 0.0913. The lowest BCUT2D eigenvalue weighted by Crippen LogP contribution is -2.42. The van der Waals surface area contributed by atoms with Crippen LogP contribution in [0.15, 0.2) is 12.3 Å². The molecule has 0 amide bonds. The average molecular weight is 223 g/mol. The number of nitrogens with zero attached hydrogens (tertiary/aromatic N) is 2. The van der Waals surface area contributed by atoms with Gasteiger partial charge in [0, 0.05) is 32.3 Å². The quantitative estimate of drug-likeness (QED) is 0.796. The van der Waals surface area contributed by atoms with E-state index in [9.17, 15) is 5.11 Å². The molecule has 4 heteroatoms. The molecule has 2 N–H and O–H groups in total. The molecular weight excluding hydrogens is 202 g/mol. The number of aryl methyl sites for hydroxylation is 1. The highest BCUT2D eigenvalue weighted by Gasteiger charge is 2.21. The maximum absolute atomic E-state index is 9.79. The van der Waals surface area contributed by atoms with Crippen LogP contribution in [0.3, 0.4) is 0 Å². The summed E-state index contributed by atoms with van der Waals surface area (Å²) in [5, 5.41) is 17.5. The normalized spacial score (nSPS) is 25.9. The first-order chi connectivity index (χ1) is 7.75. The summed E-state index contributed by atoms with van der Waals surface area (Å²) in [5.74, 6) is 0. The Kier molecular flexibility index (Phi) is 3.96. The van der Waals surface area contributed by atoms with E-state index in [0.29, 0.717) is 0 Å². The van der Waals surface area contributed by atoms with Gasteiger partial charge in [-0.25, -0.2) is 0 Å². The van der Waals surface area contributed by atoms with Gasteiger partial charge in [-0.2, -0.15) is 5.10 Å². The summed E-state index contributed by atoms with van der Waals surface area (Å²) in [5.41, 5.74) is 1.11. The second kappa shape index (κ2) is 5.46. The van der Waals surface area contributed by atoms with Crippen molar-refractivity contribution in [3.05, 3.63) is 18.0 Å². The molecule has 0 aromatic carbocycles.